The quantitative estimate of drug-likeness (QED) is 0.694. The zero-order valence-corrected chi connectivity index (χ0v) is 17.1. The minimum Gasteiger partial charge on any atom is -0.334 e. The lowest BCUT2D eigenvalue weighted by Crippen LogP contribution is -2.27. The number of anilines is 1. The number of nitrogens with zero attached hydrogens (tertiary/aromatic N) is 3. The van der Waals surface area contributed by atoms with E-state index in [1.807, 2.05) is 24.3 Å². The SMILES string of the molecule is CCn1c(CN(C)C(=O)c2ccc(NC(=O)C3CC3C)cc2)nc2ccccc21. The van der Waals surface area contributed by atoms with Crippen LogP contribution in [0.25, 0.3) is 11.0 Å². The average molecular weight is 390 g/mol. The molecule has 6 nitrogen and oxygen atoms in total. The molecule has 1 heterocycles. The topological polar surface area (TPSA) is 67.2 Å². The molecule has 6 heteroatoms. The fourth-order valence-electron chi connectivity index (χ4n) is 3.72. The minimum atomic E-state index is -0.0756. The van der Waals surface area contributed by atoms with Gasteiger partial charge in [0.25, 0.3) is 5.91 Å². The third kappa shape index (κ3) is 3.88. The molecule has 1 N–H and O–H groups in total. The predicted molar refractivity (Wildman–Crippen MR) is 114 cm³/mol. The van der Waals surface area contributed by atoms with E-state index >= 15 is 0 Å². The number of aromatic nitrogens is 2. The molecule has 2 amide bonds. The summed E-state index contributed by atoms with van der Waals surface area (Å²) in [6.07, 6.45) is 0.954. The minimum absolute atomic E-state index is 0.0622. The van der Waals surface area contributed by atoms with Gasteiger partial charge >= 0.3 is 0 Å². The van der Waals surface area contributed by atoms with Gasteiger partial charge in [-0.2, -0.15) is 0 Å². The Morgan fingerprint density at radius 3 is 2.52 bits per heavy atom. The Morgan fingerprint density at radius 2 is 1.86 bits per heavy atom. The molecule has 29 heavy (non-hydrogen) atoms. The Bertz CT molecular complexity index is 1050. The summed E-state index contributed by atoms with van der Waals surface area (Å²) in [5.41, 5.74) is 3.33. The van der Waals surface area contributed by atoms with E-state index in [4.69, 9.17) is 4.98 Å². The van der Waals surface area contributed by atoms with Crippen LogP contribution in [-0.4, -0.2) is 33.3 Å². The Morgan fingerprint density at radius 1 is 1.17 bits per heavy atom. The summed E-state index contributed by atoms with van der Waals surface area (Å²) in [5, 5.41) is 2.92. The van der Waals surface area contributed by atoms with Gasteiger partial charge in [-0.3, -0.25) is 9.59 Å². The van der Waals surface area contributed by atoms with E-state index in [0.29, 0.717) is 18.0 Å². The van der Waals surface area contributed by atoms with E-state index in [2.05, 4.69) is 23.7 Å². The van der Waals surface area contributed by atoms with Gasteiger partial charge in [-0.1, -0.05) is 19.1 Å². The number of fused-ring (bicyclic) bond motifs is 1. The molecule has 1 aliphatic carbocycles. The standard InChI is InChI=1S/C23H26N4O2/c1-4-27-20-8-6-5-7-19(20)25-21(27)14-26(3)23(29)16-9-11-17(12-10-16)24-22(28)18-13-15(18)2/h5-12,15,18H,4,13-14H2,1-3H3,(H,24,28). The van der Waals surface area contributed by atoms with Crippen LogP contribution in [0.15, 0.2) is 48.5 Å². The molecule has 0 aliphatic heterocycles. The van der Waals surface area contributed by atoms with Crippen LogP contribution in [0.5, 0.6) is 0 Å². The molecule has 2 unspecified atom stereocenters. The van der Waals surface area contributed by atoms with Gasteiger partial charge in [-0.15, -0.1) is 0 Å². The number of benzene rings is 2. The van der Waals surface area contributed by atoms with Gasteiger partial charge in [-0.05, 0) is 55.7 Å². The first-order valence-electron chi connectivity index (χ1n) is 10.1. The zero-order valence-electron chi connectivity index (χ0n) is 17.1. The highest BCUT2D eigenvalue weighted by molar-refractivity contribution is 5.97. The first-order valence-corrected chi connectivity index (χ1v) is 10.1. The van der Waals surface area contributed by atoms with Crippen LogP contribution in [0, 0.1) is 11.8 Å². The van der Waals surface area contributed by atoms with Gasteiger partial charge in [0, 0.05) is 30.8 Å². The van der Waals surface area contributed by atoms with Gasteiger partial charge in [0.15, 0.2) is 0 Å². The number of aryl methyl sites for hydroxylation is 1. The molecule has 2 atom stereocenters. The number of amides is 2. The van der Waals surface area contributed by atoms with Crippen LogP contribution < -0.4 is 5.32 Å². The molecule has 1 aliphatic rings. The highest BCUT2D eigenvalue weighted by Crippen LogP contribution is 2.38. The lowest BCUT2D eigenvalue weighted by atomic mass is 10.1. The molecule has 1 fully saturated rings. The number of carbonyl (C=O) groups excluding carboxylic acids is 2. The molecule has 0 saturated heterocycles. The maximum absolute atomic E-state index is 12.9. The fourth-order valence-corrected chi connectivity index (χ4v) is 3.72. The van der Waals surface area contributed by atoms with Crippen molar-refractivity contribution in [1.29, 1.82) is 0 Å². The number of imidazole rings is 1. The number of hydrogen-bond acceptors (Lipinski definition) is 3. The van der Waals surface area contributed by atoms with E-state index in [-0.39, 0.29) is 17.7 Å². The van der Waals surface area contributed by atoms with Crippen LogP contribution in [-0.2, 0) is 17.9 Å². The molecule has 1 aromatic heterocycles. The first kappa shape index (κ1) is 19.2. The van der Waals surface area contributed by atoms with E-state index in [9.17, 15) is 9.59 Å². The van der Waals surface area contributed by atoms with Crippen molar-refractivity contribution in [2.24, 2.45) is 11.8 Å². The third-order valence-electron chi connectivity index (χ3n) is 5.62. The van der Waals surface area contributed by atoms with Gasteiger partial charge in [0.2, 0.25) is 5.91 Å². The van der Waals surface area contributed by atoms with Crippen molar-refractivity contribution in [2.75, 3.05) is 12.4 Å². The molecule has 0 radical (unpaired) electrons. The maximum Gasteiger partial charge on any atom is 0.254 e. The van der Waals surface area contributed by atoms with Gasteiger partial charge in [-0.25, -0.2) is 4.98 Å². The second-order valence-corrected chi connectivity index (χ2v) is 7.81. The molecular formula is C23H26N4O2. The summed E-state index contributed by atoms with van der Waals surface area (Å²) in [5.74, 6) is 1.45. The van der Waals surface area contributed by atoms with Crippen LogP contribution in [0.2, 0.25) is 0 Å². The van der Waals surface area contributed by atoms with Crippen molar-refractivity contribution in [3.63, 3.8) is 0 Å². The third-order valence-corrected chi connectivity index (χ3v) is 5.62. The van der Waals surface area contributed by atoms with Crippen molar-refractivity contribution < 1.29 is 9.59 Å². The molecule has 4 rings (SSSR count). The normalized spacial score (nSPS) is 17.9. The predicted octanol–water partition coefficient (Wildman–Crippen LogP) is 3.92. The number of rotatable bonds is 6. The summed E-state index contributed by atoms with van der Waals surface area (Å²) < 4.78 is 2.14. The van der Waals surface area contributed by atoms with Crippen molar-refractivity contribution in [1.82, 2.24) is 14.5 Å². The average Bonchev–Trinajstić information content (AvgIpc) is 3.36. The highest BCUT2D eigenvalue weighted by atomic mass is 16.2. The molecule has 1 saturated carbocycles. The second kappa shape index (κ2) is 7.70. The van der Waals surface area contributed by atoms with Gasteiger partial charge < -0.3 is 14.8 Å². The zero-order chi connectivity index (χ0) is 20.5. The second-order valence-electron chi connectivity index (χ2n) is 7.81. The number of hydrogen-bond donors (Lipinski definition) is 1. The maximum atomic E-state index is 12.9. The Kier molecular flexibility index (Phi) is 5.09. The van der Waals surface area contributed by atoms with Gasteiger partial charge in [0.1, 0.15) is 5.82 Å². The Balaban J connectivity index is 1.44. The van der Waals surface area contributed by atoms with Crippen molar-refractivity contribution in [3.05, 3.63) is 59.9 Å². The lowest BCUT2D eigenvalue weighted by Gasteiger charge is -2.18. The van der Waals surface area contributed by atoms with Crippen LogP contribution in [0.3, 0.4) is 0 Å². The van der Waals surface area contributed by atoms with E-state index in [1.54, 1.807) is 36.2 Å². The van der Waals surface area contributed by atoms with Crippen molar-refractivity contribution in [2.45, 2.75) is 33.4 Å². The molecule has 3 aromatic rings. The number of carbonyl (C=O) groups is 2. The first-order chi connectivity index (χ1) is 14.0. The molecule has 0 spiro atoms. The fraction of sp³-hybridized carbons (Fsp3) is 0.348. The summed E-state index contributed by atoms with van der Waals surface area (Å²) in [4.78, 5) is 31.3. The molecule has 150 valence electrons. The van der Waals surface area contributed by atoms with Gasteiger partial charge in [0.05, 0.1) is 17.6 Å². The van der Waals surface area contributed by atoms with E-state index in [1.165, 1.54) is 0 Å². The highest BCUT2D eigenvalue weighted by Gasteiger charge is 2.39. The van der Waals surface area contributed by atoms with E-state index < -0.39 is 0 Å². The monoisotopic (exact) mass is 390 g/mol. The molecular weight excluding hydrogens is 364 g/mol. The Labute approximate surface area is 170 Å². The smallest absolute Gasteiger partial charge is 0.254 e. The van der Waals surface area contributed by atoms with Crippen LogP contribution in [0.4, 0.5) is 5.69 Å². The summed E-state index contributed by atoms with van der Waals surface area (Å²) in [6.45, 7) is 5.38. The number of nitrogens with one attached hydrogen (secondary N) is 1. The van der Waals surface area contributed by atoms with Crippen molar-refractivity contribution in [3.8, 4) is 0 Å². The summed E-state index contributed by atoms with van der Waals surface area (Å²) in [7, 11) is 1.78. The summed E-state index contributed by atoms with van der Waals surface area (Å²) in [6, 6.07) is 15.1. The molecule has 0 bridgehead atoms. The van der Waals surface area contributed by atoms with Crippen LogP contribution in [0.1, 0.15) is 36.5 Å². The Hall–Kier alpha value is -3.15. The largest absolute Gasteiger partial charge is 0.334 e. The van der Waals surface area contributed by atoms with Crippen molar-refractivity contribution >= 4 is 28.5 Å². The number of para-hydroxylation sites is 2. The summed E-state index contributed by atoms with van der Waals surface area (Å²) >= 11 is 0. The van der Waals surface area contributed by atoms with Crippen LogP contribution >= 0.6 is 0 Å². The van der Waals surface area contributed by atoms with E-state index in [0.717, 1.165) is 35.5 Å². The molecule has 2 aromatic carbocycles. The lowest BCUT2D eigenvalue weighted by molar-refractivity contribution is -0.117.